The van der Waals surface area contributed by atoms with Gasteiger partial charge in [0.2, 0.25) is 0 Å². The monoisotopic (exact) mass is 504 g/mol. The summed E-state index contributed by atoms with van der Waals surface area (Å²) in [5.74, 6) is 0. The van der Waals surface area contributed by atoms with Gasteiger partial charge < -0.3 is 79.9 Å². The van der Waals surface area contributed by atoms with Gasteiger partial charge in [-0.3, -0.25) is 0 Å². The van der Waals surface area contributed by atoms with Crippen molar-refractivity contribution >= 4 is 0 Å². The Kier molecular flexibility index (Phi) is 9.54. The molecule has 3 rings (SSSR count). The normalized spacial score (nSPS) is 52.5. The number of aliphatic hydroxyl groups is 11. The molecule has 15 atom stereocenters. The first kappa shape index (κ1) is 27.9. The van der Waals surface area contributed by atoms with Crippen LogP contribution in [0.3, 0.4) is 0 Å². The van der Waals surface area contributed by atoms with Crippen LogP contribution in [-0.4, -0.2) is 168 Å². The molecule has 0 bridgehead atoms. The number of hydrogen-bond acceptors (Lipinski definition) is 16. The fraction of sp³-hybridized carbons (Fsp3) is 1.00. The Morgan fingerprint density at radius 1 is 0.500 bits per heavy atom. The van der Waals surface area contributed by atoms with Crippen LogP contribution in [0.15, 0.2) is 0 Å². The van der Waals surface area contributed by atoms with Gasteiger partial charge in [-0.15, -0.1) is 0 Å². The van der Waals surface area contributed by atoms with Gasteiger partial charge in [0.1, 0.15) is 73.2 Å². The number of ether oxygens (including phenoxy) is 5. The fourth-order valence-corrected chi connectivity index (χ4v) is 3.95. The lowest BCUT2D eigenvalue weighted by molar-refractivity contribution is -0.363. The van der Waals surface area contributed by atoms with Crippen LogP contribution in [0.25, 0.3) is 0 Å². The van der Waals surface area contributed by atoms with E-state index in [0.717, 1.165) is 0 Å². The van der Waals surface area contributed by atoms with Crippen molar-refractivity contribution in [1.29, 1.82) is 0 Å². The Labute approximate surface area is 192 Å². The summed E-state index contributed by atoms with van der Waals surface area (Å²) < 4.78 is 26.2. The van der Waals surface area contributed by atoms with E-state index in [0.29, 0.717) is 0 Å². The van der Waals surface area contributed by atoms with Crippen LogP contribution >= 0.6 is 0 Å². The second kappa shape index (κ2) is 11.6. The van der Waals surface area contributed by atoms with E-state index in [-0.39, 0.29) is 0 Å². The van der Waals surface area contributed by atoms with Gasteiger partial charge in [0.05, 0.1) is 19.8 Å². The van der Waals surface area contributed by atoms with Crippen LogP contribution in [0.4, 0.5) is 0 Å². The molecular formula is C18H32O16. The third kappa shape index (κ3) is 5.52. The lowest BCUT2D eigenvalue weighted by atomic mass is 9.97. The Bertz CT molecular complexity index is 637. The molecule has 0 aromatic heterocycles. The van der Waals surface area contributed by atoms with Crippen molar-refractivity contribution in [1.82, 2.24) is 0 Å². The van der Waals surface area contributed by atoms with Crippen molar-refractivity contribution in [2.75, 3.05) is 19.8 Å². The van der Waals surface area contributed by atoms with Crippen molar-refractivity contribution in [3.63, 3.8) is 0 Å². The zero-order chi connectivity index (χ0) is 25.3. The molecule has 200 valence electrons. The largest absolute Gasteiger partial charge is 0.394 e. The zero-order valence-electron chi connectivity index (χ0n) is 17.7. The Morgan fingerprint density at radius 2 is 1.03 bits per heavy atom. The fourth-order valence-electron chi connectivity index (χ4n) is 3.95. The summed E-state index contributed by atoms with van der Waals surface area (Å²) in [4.78, 5) is 0. The van der Waals surface area contributed by atoms with Gasteiger partial charge in [-0.05, 0) is 0 Å². The molecule has 3 aliphatic heterocycles. The van der Waals surface area contributed by atoms with E-state index >= 15 is 0 Å². The molecule has 3 saturated heterocycles. The maximum Gasteiger partial charge on any atom is 0.187 e. The topological polar surface area (TPSA) is 269 Å². The van der Waals surface area contributed by atoms with Gasteiger partial charge in [0.25, 0.3) is 0 Å². The van der Waals surface area contributed by atoms with Crippen LogP contribution < -0.4 is 0 Å². The van der Waals surface area contributed by atoms with E-state index in [9.17, 15) is 56.2 Å². The van der Waals surface area contributed by atoms with Gasteiger partial charge in [-0.25, -0.2) is 0 Å². The van der Waals surface area contributed by atoms with Crippen LogP contribution in [-0.2, 0) is 23.7 Å². The van der Waals surface area contributed by atoms with E-state index in [1.165, 1.54) is 0 Å². The van der Waals surface area contributed by atoms with E-state index in [1.54, 1.807) is 0 Å². The number of rotatable bonds is 7. The summed E-state index contributed by atoms with van der Waals surface area (Å²) in [6.45, 7) is -2.09. The van der Waals surface area contributed by atoms with Gasteiger partial charge in [-0.2, -0.15) is 0 Å². The van der Waals surface area contributed by atoms with Crippen molar-refractivity contribution in [3.8, 4) is 0 Å². The summed E-state index contributed by atoms with van der Waals surface area (Å²) in [7, 11) is 0. The minimum Gasteiger partial charge on any atom is -0.394 e. The third-order valence-electron chi connectivity index (χ3n) is 6.07. The van der Waals surface area contributed by atoms with Crippen molar-refractivity contribution in [3.05, 3.63) is 0 Å². The second-order valence-electron chi connectivity index (χ2n) is 8.37. The van der Waals surface area contributed by atoms with Gasteiger partial charge >= 0.3 is 0 Å². The van der Waals surface area contributed by atoms with Gasteiger partial charge in [0, 0.05) is 0 Å². The highest BCUT2D eigenvalue weighted by atomic mass is 16.7. The molecule has 0 aromatic rings. The van der Waals surface area contributed by atoms with Crippen LogP contribution in [0, 0.1) is 0 Å². The quantitative estimate of drug-likeness (QED) is 0.154. The van der Waals surface area contributed by atoms with Crippen molar-refractivity contribution in [2.24, 2.45) is 0 Å². The predicted molar refractivity (Wildman–Crippen MR) is 101 cm³/mol. The molecule has 0 radical (unpaired) electrons. The van der Waals surface area contributed by atoms with Crippen LogP contribution in [0.1, 0.15) is 0 Å². The second-order valence-corrected chi connectivity index (χ2v) is 8.37. The maximum atomic E-state index is 10.5. The van der Waals surface area contributed by atoms with Gasteiger partial charge in [-0.1, -0.05) is 0 Å². The lowest BCUT2D eigenvalue weighted by Crippen LogP contribution is -2.65. The molecular weight excluding hydrogens is 472 g/mol. The SMILES string of the molecule is OC[C@H]1O[C@H](O[C@H]2[C@H](O)[C@@H](O)[C@@H](OC[C@H]3O[C@H](O)[C@H](O)[C@@H](O)[C@@H]3O)O[C@@H]2CO)[C@H](O)[C@@H](O)[C@@H]1O. The average molecular weight is 504 g/mol. The molecule has 0 aliphatic carbocycles. The Balaban J connectivity index is 1.63. The standard InChI is InChI=1S/C18H32O16/c19-1-4-7(21)10(24)13(27)18(32-4)34-15-5(2-20)33-17(14(28)11(15)25)30-3-6-8(22)9(23)12(26)16(29)31-6/h4-29H,1-3H2/t4-,5-,6-,7-,8-,9+,10+,11-,12-,13-,14-,15-,16+,17+,18-/m1/s1. The first-order valence-corrected chi connectivity index (χ1v) is 10.6. The van der Waals surface area contributed by atoms with E-state index in [4.69, 9.17) is 23.7 Å². The molecule has 3 aliphatic rings. The Morgan fingerprint density at radius 3 is 1.65 bits per heavy atom. The van der Waals surface area contributed by atoms with Crippen molar-refractivity contribution < 1.29 is 79.9 Å². The Hall–Kier alpha value is -0.640. The summed E-state index contributed by atoms with van der Waals surface area (Å²) in [5.41, 5.74) is 0. The minimum absolute atomic E-state index is 0.577. The first-order valence-electron chi connectivity index (χ1n) is 10.6. The maximum absolute atomic E-state index is 10.5. The molecule has 34 heavy (non-hydrogen) atoms. The molecule has 16 heteroatoms. The zero-order valence-corrected chi connectivity index (χ0v) is 17.7. The predicted octanol–water partition coefficient (Wildman–Crippen LogP) is -7.57. The molecule has 16 nitrogen and oxygen atoms in total. The molecule has 3 heterocycles. The van der Waals surface area contributed by atoms with Gasteiger partial charge in [0.15, 0.2) is 18.9 Å². The van der Waals surface area contributed by atoms with E-state index in [2.05, 4.69) is 0 Å². The molecule has 0 unspecified atom stereocenters. The summed E-state index contributed by atoms with van der Waals surface area (Å²) >= 11 is 0. The molecule has 0 amide bonds. The smallest absolute Gasteiger partial charge is 0.187 e. The number of hydrogen-bond donors (Lipinski definition) is 11. The molecule has 0 saturated carbocycles. The number of aliphatic hydroxyl groups excluding tert-OH is 11. The molecule has 0 spiro atoms. The molecule has 11 N–H and O–H groups in total. The third-order valence-corrected chi connectivity index (χ3v) is 6.07. The van der Waals surface area contributed by atoms with Crippen LogP contribution in [0.2, 0.25) is 0 Å². The highest BCUT2D eigenvalue weighted by Crippen LogP contribution is 2.30. The minimum atomic E-state index is -1.82. The highest BCUT2D eigenvalue weighted by Gasteiger charge is 2.51. The summed E-state index contributed by atoms with van der Waals surface area (Å²) in [6, 6.07) is 0. The summed E-state index contributed by atoms with van der Waals surface area (Å²) in [6.07, 6.45) is -24.7. The van der Waals surface area contributed by atoms with Crippen molar-refractivity contribution in [2.45, 2.75) is 92.1 Å². The van der Waals surface area contributed by atoms with Crippen LogP contribution in [0.5, 0.6) is 0 Å². The molecule has 0 aromatic carbocycles. The lowest BCUT2D eigenvalue weighted by Gasteiger charge is -2.46. The first-order chi connectivity index (χ1) is 16.0. The van der Waals surface area contributed by atoms with E-state index < -0.39 is 112 Å². The van der Waals surface area contributed by atoms with E-state index in [1.807, 2.05) is 0 Å². The highest BCUT2D eigenvalue weighted by molar-refractivity contribution is 4.94. The average Bonchev–Trinajstić information content (AvgIpc) is 2.83. The summed E-state index contributed by atoms with van der Waals surface area (Å²) in [5, 5.41) is 109. The molecule has 3 fully saturated rings.